The van der Waals surface area contributed by atoms with Crippen molar-refractivity contribution in [2.75, 3.05) is 38.3 Å². The number of methoxy groups -OCH3 is 1. The van der Waals surface area contributed by atoms with Gasteiger partial charge in [0.1, 0.15) is 5.60 Å². The van der Waals surface area contributed by atoms with Crippen molar-refractivity contribution < 1.29 is 28.6 Å². The number of anilines is 1. The molecule has 3 amide bonds. The number of benzene rings is 1. The van der Waals surface area contributed by atoms with Gasteiger partial charge < -0.3 is 24.4 Å². The highest BCUT2D eigenvalue weighted by Crippen LogP contribution is 2.35. The summed E-state index contributed by atoms with van der Waals surface area (Å²) in [5.41, 5.74) is 0.344. The van der Waals surface area contributed by atoms with E-state index >= 15 is 0 Å². The van der Waals surface area contributed by atoms with Gasteiger partial charge in [0.05, 0.1) is 24.0 Å². The average molecular weight is 610 g/mol. The SMILES string of the molecule is COCCCOc1nc(N(C(=O)[C@@H]2C[C@H](C(=O)NC(C)(C)c3ccccc3)CN(C(=O)OC(C)(C)C)C2)C2CC2)ncc1C. The lowest BCUT2D eigenvalue weighted by Crippen LogP contribution is -2.55. The molecule has 2 aromatic rings. The maximum atomic E-state index is 14.3. The number of ether oxygens (including phenoxy) is 3. The lowest BCUT2D eigenvalue weighted by molar-refractivity contribution is -0.131. The van der Waals surface area contributed by atoms with Crippen molar-refractivity contribution in [3.8, 4) is 5.88 Å². The first-order valence-electron chi connectivity index (χ1n) is 15.4. The Labute approximate surface area is 260 Å². The maximum Gasteiger partial charge on any atom is 0.410 e. The third-order valence-electron chi connectivity index (χ3n) is 7.76. The minimum Gasteiger partial charge on any atom is -0.477 e. The third-order valence-corrected chi connectivity index (χ3v) is 7.76. The molecule has 2 heterocycles. The topological polar surface area (TPSA) is 123 Å². The normalized spacial score (nSPS) is 18.8. The van der Waals surface area contributed by atoms with Crippen molar-refractivity contribution in [1.29, 1.82) is 0 Å². The Morgan fingerprint density at radius 3 is 2.34 bits per heavy atom. The zero-order chi connectivity index (χ0) is 32.1. The molecule has 0 spiro atoms. The molecular formula is C33H47N5O6. The van der Waals surface area contributed by atoms with Gasteiger partial charge >= 0.3 is 6.09 Å². The van der Waals surface area contributed by atoms with Crippen LogP contribution in [-0.4, -0.2) is 77.8 Å². The summed E-state index contributed by atoms with van der Waals surface area (Å²) in [6.45, 7) is 12.4. The van der Waals surface area contributed by atoms with E-state index in [4.69, 9.17) is 14.2 Å². The second-order valence-corrected chi connectivity index (χ2v) is 13.3. The van der Waals surface area contributed by atoms with Gasteiger partial charge in [-0.1, -0.05) is 30.3 Å². The highest BCUT2D eigenvalue weighted by Gasteiger charge is 2.44. The number of aromatic nitrogens is 2. The molecule has 1 aliphatic carbocycles. The summed E-state index contributed by atoms with van der Waals surface area (Å²) in [6.07, 6.45) is 3.74. The Morgan fingerprint density at radius 2 is 1.70 bits per heavy atom. The van der Waals surface area contributed by atoms with E-state index in [2.05, 4.69) is 15.3 Å². The van der Waals surface area contributed by atoms with Crippen LogP contribution in [0.5, 0.6) is 5.88 Å². The Bertz CT molecular complexity index is 1310. The number of rotatable bonds is 11. The van der Waals surface area contributed by atoms with E-state index in [0.29, 0.717) is 25.5 Å². The largest absolute Gasteiger partial charge is 0.477 e. The first kappa shape index (κ1) is 33.2. The fraction of sp³-hybridized carbons (Fsp3) is 0.606. The summed E-state index contributed by atoms with van der Waals surface area (Å²) < 4.78 is 16.7. The van der Waals surface area contributed by atoms with Crippen LogP contribution < -0.4 is 15.0 Å². The molecular weight excluding hydrogens is 562 g/mol. The number of nitrogens with zero attached hydrogens (tertiary/aromatic N) is 4. The predicted molar refractivity (Wildman–Crippen MR) is 166 cm³/mol. The molecule has 44 heavy (non-hydrogen) atoms. The maximum absolute atomic E-state index is 14.3. The molecule has 2 fully saturated rings. The molecule has 1 N–H and O–H groups in total. The number of nitrogens with one attached hydrogen (secondary N) is 1. The monoisotopic (exact) mass is 609 g/mol. The molecule has 0 radical (unpaired) electrons. The number of amides is 3. The van der Waals surface area contributed by atoms with E-state index in [1.54, 1.807) is 39.0 Å². The molecule has 0 bridgehead atoms. The molecule has 1 aromatic heterocycles. The van der Waals surface area contributed by atoms with E-state index in [1.165, 1.54) is 4.90 Å². The Morgan fingerprint density at radius 1 is 1.02 bits per heavy atom. The number of likely N-dealkylation sites (tertiary alicyclic amines) is 1. The van der Waals surface area contributed by atoms with Gasteiger partial charge in [0.25, 0.3) is 0 Å². The molecule has 1 aliphatic heterocycles. The van der Waals surface area contributed by atoms with Crippen LogP contribution in [-0.2, 0) is 24.6 Å². The lowest BCUT2D eigenvalue weighted by Gasteiger charge is -2.39. The highest BCUT2D eigenvalue weighted by atomic mass is 16.6. The number of hydrogen-bond donors (Lipinski definition) is 1. The first-order valence-corrected chi connectivity index (χ1v) is 15.4. The fourth-order valence-electron chi connectivity index (χ4n) is 5.30. The van der Waals surface area contributed by atoms with Gasteiger partial charge in [-0.05, 0) is 66.4 Å². The summed E-state index contributed by atoms with van der Waals surface area (Å²) >= 11 is 0. The van der Waals surface area contributed by atoms with Crippen molar-refractivity contribution in [2.45, 2.75) is 84.4 Å². The van der Waals surface area contributed by atoms with Gasteiger partial charge in [0.2, 0.25) is 23.6 Å². The Balaban J connectivity index is 1.58. The van der Waals surface area contributed by atoms with Crippen LogP contribution >= 0.6 is 0 Å². The van der Waals surface area contributed by atoms with Gasteiger partial charge in [-0.25, -0.2) is 9.78 Å². The molecule has 1 saturated heterocycles. The van der Waals surface area contributed by atoms with Crippen LogP contribution in [0, 0.1) is 18.8 Å². The fourth-order valence-corrected chi connectivity index (χ4v) is 5.30. The van der Waals surface area contributed by atoms with Gasteiger partial charge in [-0.3, -0.25) is 14.5 Å². The van der Waals surface area contributed by atoms with Crippen molar-refractivity contribution in [3.05, 3.63) is 47.7 Å². The van der Waals surface area contributed by atoms with E-state index in [0.717, 1.165) is 24.0 Å². The summed E-state index contributed by atoms with van der Waals surface area (Å²) in [5.74, 6) is -1.01. The van der Waals surface area contributed by atoms with E-state index in [9.17, 15) is 14.4 Å². The third kappa shape index (κ3) is 8.68. The van der Waals surface area contributed by atoms with Crippen LogP contribution in [0.4, 0.5) is 10.7 Å². The summed E-state index contributed by atoms with van der Waals surface area (Å²) in [7, 11) is 1.64. The van der Waals surface area contributed by atoms with Crippen molar-refractivity contribution in [3.63, 3.8) is 0 Å². The standard InChI is InChI=1S/C33H47N5O6/c1-22-19-34-30(35-28(22)43-17-11-16-42-7)38(26-14-15-26)29(40)24-18-23(20-37(21-24)31(41)44-32(2,3)4)27(39)36-33(5,6)25-12-9-8-10-13-25/h8-10,12-13,19,23-24,26H,11,14-18,20-21H2,1-7H3,(H,36,39)/t23-,24+/m0/s1. The predicted octanol–water partition coefficient (Wildman–Crippen LogP) is 4.62. The first-order chi connectivity index (χ1) is 20.8. The summed E-state index contributed by atoms with van der Waals surface area (Å²) in [5, 5.41) is 3.15. The molecule has 4 rings (SSSR count). The van der Waals surface area contributed by atoms with E-state index < -0.39 is 29.1 Å². The Hall–Kier alpha value is -3.73. The molecule has 1 saturated carbocycles. The second kappa shape index (κ2) is 13.9. The number of carbonyl (C=O) groups excluding carboxylic acids is 3. The zero-order valence-electron chi connectivity index (χ0n) is 27.1. The van der Waals surface area contributed by atoms with Crippen molar-refractivity contribution in [1.82, 2.24) is 20.2 Å². The van der Waals surface area contributed by atoms with E-state index in [-0.39, 0.29) is 43.3 Å². The van der Waals surface area contributed by atoms with Crippen LogP contribution in [0.3, 0.4) is 0 Å². The number of aryl methyl sites for hydroxylation is 1. The summed E-state index contributed by atoms with van der Waals surface area (Å²) in [6, 6.07) is 9.66. The molecule has 0 unspecified atom stereocenters. The van der Waals surface area contributed by atoms with E-state index in [1.807, 2.05) is 51.1 Å². The van der Waals surface area contributed by atoms with Crippen LogP contribution in [0.25, 0.3) is 0 Å². The molecule has 11 heteroatoms. The second-order valence-electron chi connectivity index (χ2n) is 13.3. The van der Waals surface area contributed by atoms with Crippen LogP contribution in [0.15, 0.2) is 36.5 Å². The molecule has 2 atom stereocenters. The van der Waals surface area contributed by atoms with Gasteiger partial charge in [0, 0.05) is 51.0 Å². The molecule has 2 aliphatic rings. The van der Waals surface area contributed by atoms with Gasteiger partial charge in [-0.15, -0.1) is 0 Å². The molecule has 1 aromatic carbocycles. The van der Waals surface area contributed by atoms with Crippen molar-refractivity contribution in [2.24, 2.45) is 11.8 Å². The van der Waals surface area contributed by atoms with Gasteiger partial charge in [0.15, 0.2) is 0 Å². The van der Waals surface area contributed by atoms with Crippen LogP contribution in [0.2, 0.25) is 0 Å². The van der Waals surface area contributed by atoms with Crippen LogP contribution in [0.1, 0.15) is 71.4 Å². The number of hydrogen-bond acceptors (Lipinski definition) is 8. The average Bonchev–Trinajstić information content (AvgIpc) is 3.81. The molecule has 11 nitrogen and oxygen atoms in total. The van der Waals surface area contributed by atoms with Gasteiger partial charge in [-0.2, -0.15) is 4.98 Å². The quantitative estimate of drug-likeness (QED) is 0.366. The number of carbonyl (C=O) groups is 3. The van der Waals surface area contributed by atoms with Crippen molar-refractivity contribution >= 4 is 23.9 Å². The zero-order valence-corrected chi connectivity index (χ0v) is 27.1. The number of piperidine rings is 1. The lowest BCUT2D eigenvalue weighted by atomic mass is 9.86. The minimum absolute atomic E-state index is 0.0484. The Kier molecular flexibility index (Phi) is 10.5. The summed E-state index contributed by atoms with van der Waals surface area (Å²) in [4.78, 5) is 53.6. The highest BCUT2D eigenvalue weighted by molar-refractivity contribution is 5.95. The molecule has 240 valence electrons. The minimum atomic E-state index is -0.726. The smallest absolute Gasteiger partial charge is 0.410 e.